The molecule has 0 aliphatic carbocycles. The normalized spacial score (nSPS) is 20.3. The molecule has 6 heteroatoms. The van der Waals surface area contributed by atoms with E-state index in [9.17, 15) is 9.90 Å². The fraction of sp³-hybridized carbons (Fsp3) is 0.615. The number of carbonyl (C=O) groups is 1. The number of aromatic carboxylic acids is 1. The highest BCUT2D eigenvalue weighted by Gasteiger charge is 2.31. The van der Waals surface area contributed by atoms with Gasteiger partial charge in [-0.2, -0.15) is 0 Å². The van der Waals surface area contributed by atoms with Gasteiger partial charge in [0, 0.05) is 50.2 Å². The van der Waals surface area contributed by atoms with Crippen LogP contribution in [0.25, 0.3) is 0 Å². The summed E-state index contributed by atoms with van der Waals surface area (Å²) in [6.45, 7) is 3.66. The average molecular weight is 285 g/mol. The number of hydrogen-bond donors (Lipinski definition) is 2. The highest BCUT2D eigenvalue weighted by Crippen LogP contribution is 2.38. The fourth-order valence-corrected chi connectivity index (χ4v) is 3.52. The SMILES string of the molecule is O=C(O)c1c(Cl)c(C2CCOCC2)n2c1CNCC2. The van der Waals surface area contributed by atoms with Crippen molar-refractivity contribution >= 4 is 17.6 Å². The molecule has 1 saturated heterocycles. The van der Waals surface area contributed by atoms with Crippen molar-refractivity contribution in [2.45, 2.75) is 31.8 Å². The Balaban J connectivity index is 2.09. The van der Waals surface area contributed by atoms with Crippen molar-refractivity contribution in [3.8, 4) is 0 Å². The molecule has 19 heavy (non-hydrogen) atoms. The number of halogens is 1. The van der Waals surface area contributed by atoms with Gasteiger partial charge < -0.3 is 19.7 Å². The first-order valence-corrected chi connectivity index (χ1v) is 7.00. The summed E-state index contributed by atoms with van der Waals surface area (Å²) in [6.07, 6.45) is 1.82. The second-order valence-electron chi connectivity index (χ2n) is 5.04. The first-order chi connectivity index (χ1) is 9.20. The van der Waals surface area contributed by atoms with E-state index in [-0.39, 0.29) is 5.56 Å². The van der Waals surface area contributed by atoms with Crippen LogP contribution in [0.5, 0.6) is 0 Å². The lowest BCUT2D eigenvalue weighted by Gasteiger charge is -2.26. The molecule has 3 rings (SSSR count). The Morgan fingerprint density at radius 2 is 2.16 bits per heavy atom. The molecule has 1 aromatic rings. The number of ether oxygens (including phenoxy) is 1. The molecule has 2 aliphatic heterocycles. The molecule has 3 heterocycles. The largest absolute Gasteiger partial charge is 0.478 e. The maximum atomic E-state index is 11.4. The molecule has 1 fully saturated rings. The van der Waals surface area contributed by atoms with Crippen molar-refractivity contribution < 1.29 is 14.6 Å². The summed E-state index contributed by atoms with van der Waals surface area (Å²) in [5.41, 5.74) is 2.08. The van der Waals surface area contributed by atoms with Crippen LogP contribution in [0.15, 0.2) is 0 Å². The highest BCUT2D eigenvalue weighted by atomic mass is 35.5. The zero-order valence-electron chi connectivity index (χ0n) is 10.6. The van der Waals surface area contributed by atoms with Gasteiger partial charge in [0.1, 0.15) is 5.56 Å². The van der Waals surface area contributed by atoms with Crippen LogP contribution in [0.2, 0.25) is 5.02 Å². The Kier molecular flexibility index (Phi) is 3.52. The van der Waals surface area contributed by atoms with Gasteiger partial charge >= 0.3 is 5.97 Å². The van der Waals surface area contributed by atoms with E-state index in [4.69, 9.17) is 16.3 Å². The number of hydrogen-bond acceptors (Lipinski definition) is 3. The molecule has 5 nitrogen and oxygen atoms in total. The third-order valence-electron chi connectivity index (χ3n) is 3.98. The van der Waals surface area contributed by atoms with Gasteiger partial charge in [-0.1, -0.05) is 11.6 Å². The molecular weight excluding hydrogens is 268 g/mol. The Labute approximate surface area is 116 Å². The van der Waals surface area contributed by atoms with E-state index in [1.54, 1.807) is 0 Å². The van der Waals surface area contributed by atoms with E-state index >= 15 is 0 Å². The quantitative estimate of drug-likeness (QED) is 0.870. The van der Waals surface area contributed by atoms with Gasteiger partial charge in [0.25, 0.3) is 0 Å². The zero-order chi connectivity index (χ0) is 13.4. The van der Waals surface area contributed by atoms with Crippen molar-refractivity contribution in [2.75, 3.05) is 19.8 Å². The molecule has 0 atom stereocenters. The third kappa shape index (κ3) is 2.16. The van der Waals surface area contributed by atoms with Gasteiger partial charge in [-0.25, -0.2) is 4.79 Å². The second-order valence-corrected chi connectivity index (χ2v) is 5.42. The molecule has 0 radical (unpaired) electrons. The summed E-state index contributed by atoms with van der Waals surface area (Å²) >= 11 is 6.38. The molecule has 2 aliphatic rings. The van der Waals surface area contributed by atoms with E-state index in [0.717, 1.165) is 50.5 Å². The van der Waals surface area contributed by atoms with Gasteiger partial charge in [-0.05, 0) is 12.8 Å². The van der Waals surface area contributed by atoms with Crippen molar-refractivity contribution in [3.63, 3.8) is 0 Å². The molecule has 0 bridgehead atoms. The number of carboxylic acid groups (broad SMARTS) is 1. The van der Waals surface area contributed by atoms with E-state index in [0.29, 0.717) is 17.5 Å². The van der Waals surface area contributed by atoms with Gasteiger partial charge in [0.05, 0.1) is 5.02 Å². The molecule has 2 N–H and O–H groups in total. The molecule has 104 valence electrons. The maximum Gasteiger partial charge on any atom is 0.339 e. The Bertz CT molecular complexity index is 506. The molecule has 1 aromatic heterocycles. The second kappa shape index (κ2) is 5.15. The predicted molar refractivity (Wildman–Crippen MR) is 70.9 cm³/mol. The predicted octanol–water partition coefficient (Wildman–Crippen LogP) is 1.84. The summed E-state index contributed by atoms with van der Waals surface area (Å²) in [4.78, 5) is 11.4. The van der Waals surface area contributed by atoms with E-state index in [1.807, 2.05) is 0 Å². The number of carboxylic acids is 1. The fourth-order valence-electron chi connectivity index (χ4n) is 3.08. The lowest BCUT2D eigenvalue weighted by Crippen LogP contribution is -2.30. The highest BCUT2D eigenvalue weighted by molar-refractivity contribution is 6.34. The molecule has 0 saturated carbocycles. The van der Waals surface area contributed by atoms with Crippen molar-refractivity contribution in [1.29, 1.82) is 0 Å². The smallest absolute Gasteiger partial charge is 0.339 e. The minimum absolute atomic E-state index is 0.273. The maximum absolute atomic E-state index is 11.4. The molecule has 0 aromatic carbocycles. The zero-order valence-corrected chi connectivity index (χ0v) is 11.4. The molecule has 0 amide bonds. The van der Waals surface area contributed by atoms with E-state index in [2.05, 4.69) is 9.88 Å². The Hall–Kier alpha value is -1.04. The van der Waals surface area contributed by atoms with Crippen LogP contribution in [0, 0.1) is 0 Å². The van der Waals surface area contributed by atoms with Crippen LogP contribution >= 0.6 is 11.6 Å². The Morgan fingerprint density at radius 1 is 1.42 bits per heavy atom. The van der Waals surface area contributed by atoms with Crippen LogP contribution in [0.4, 0.5) is 0 Å². The number of rotatable bonds is 2. The van der Waals surface area contributed by atoms with Crippen LogP contribution in [0.1, 0.15) is 40.5 Å². The van der Waals surface area contributed by atoms with Crippen LogP contribution in [-0.2, 0) is 17.8 Å². The van der Waals surface area contributed by atoms with Gasteiger partial charge in [-0.15, -0.1) is 0 Å². The standard InChI is InChI=1S/C13H17ClN2O3/c14-11-10(13(17)18)9-7-15-3-4-16(9)12(11)8-1-5-19-6-2-8/h8,15H,1-7H2,(H,17,18). The number of nitrogens with one attached hydrogen (secondary N) is 1. The Morgan fingerprint density at radius 3 is 2.84 bits per heavy atom. The minimum atomic E-state index is -0.934. The third-order valence-corrected chi connectivity index (χ3v) is 4.36. The summed E-state index contributed by atoms with van der Waals surface area (Å²) in [5.74, 6) is -0.623. The van der Waals surface area contributed by atoms with Crippen molar-refractivity contribution in [2.24, 2.45) is 0 Å². The molecular formula is C13H17ClN2O3. The first kappa shape index (κ1) is 13.0. The number of fused-ring (bicyclic) bond motifs is 1. The van der Waals surface area contributed by atoms with E-state index in [1.165, 1.54) is 0 Å². The lowest BCUT2D eigenvalue weighted by atomic mass is 9.96. The summed E-state index contributed by atoms with van der Waals surface area (Å²) < 4.78 is 7.49. The van der Waals surface area contributed by atoms with Gasteiger partial charge in [0.15, 0.2) is 0 Å². The van der Waals surface area contributed by atoms with E-state index < -0.39 is 5.97 Å². The lowest BCUT2D eigenvalue weighted by molar-refractivity contribution is 0.0695. The summed E-state index contributed by atoms with van der Waals surface area (Å²) in [7, 11) is 0. The van der Waals surface area contributed by atoms with Gasteiger partial charge in [0.2, 0.25) is 0 Å². The summed E-state index contributed by atoms with van der Waals surface area (Å²) in [5, 5.41) is 13.0. The van der Waals surface area contributed by atoms with Crippen molar-refractivity contribution in [3.05, 3.63) is 22.0 Å². The van der Waals surface area contributed by atoms with Gasteiger partial charge in [-0.3, -0.25) is 0 Å². The molecule has 0 unspecified atom stereocenters. The van der Waals surface area contributed by atoms with Crippen LogP contribution in [0.3, 0.4) is 0 Å². The topological polar surface area (TPSA) is 63.5 Å². The monoisotopic (exact) mass is 284 g/mol. The minimum Gasteiger partial charge on any atom is -0.478 e. The van der Waals surface area contributed by atoms with Crippen molar-refractivity contribution in [1.82, 2.24) is 9.88 Å². The van der Waals surface area contributed by atoms with Crippen LogP contribution < -0.4 is 5.32 Å². The average Bonchev–Trinajstić information content (AvgIpc) is 2.71. The number of aromatic nitrogens is 1. The first-order valence-electron chi connectivity index (χ1n) is 6.62. The number of nitrogens with zero attached hydrogens (tertiary/aromatic N) is 1. The summed E-state index contributed by atoms with van der Waals surface area (Å²) in [6, 6.07) is 0. The molecule has 0 spiro atoms. The van der Waals surface area contributed by atoms with Crippen LogP contribution in [-0.4, -0.2) is 35.4 Å².